The number of hydrogen-bond donors (Lipinski definition) is 2. The monoisotopic (exact) mass is 873 g/mol. The second-order valence-corrected chi connectivity index (χ2v) is 23.1. The zero-order valence-corrected chi connectivity index (χ0v) is 40.4. The number of methoxy groups -OCH3 is 4. The zero-order valence-electron chi connectivity index (χ0n) is 40.4. The van der Waals surface area contributed by atoms with Crippen molar-refractivity contribution in [3.05, 3.63) is 88.0 Å². The number of phenols is 1. The summed E-state index contributed by atoms with van der Waals surface area (Å²) in [7, 11) is 7.32. The van der Waals surface area contributed by atoms with Gasteiger partial charge in [-0.25, -0.2) is 0 Å². The Morgan fingerprint density at radius 1 is 0.453 bits per heavy atom. The summed E-state index contributed by atoms with van der Waals surface area (Å²) in [6.07, 6.45) is 23.4. The lowest BCUT2D eigenvalue weighted by molar-refractivity contribution is -0.0444. The predicted molar refractivity (Wildman–Crippen MR) is 256 cm³/mol. The van der Waals surface area contributed by atoms with Gasteiger partial charge in [-0.2, -0.15) is 0 Å². The molecule has 0 heterocycles. The van der Waals surface area contributed by atoms with E-state index in [9.17, 15) is 10.2 Å². The Kier molecular flexibility index (Phi) is 12.3. The molecule has 0 aliphatic heterocycles. The highest BCUT2D eigenvalue weighted by Gasteiger charge is 2.57. The Balaban J connectivity index is 0.000000114. The molecule has 3 aromatic carbocycles. The molecule has 0 spiro atoms. The maximum absolute atomic E-state index is 10.4. The molecule has 0 amide bonds. The second kappa shape index (κ2) is 17.5. The van der Waals surface area contributed by atoms with Gasteiger partial charge in [0.1, 0.15) is 17.2 Å². The molecule has 6 heteroatoms. The van der Waals surface area contributed by atoms with Crippen LogP contribution in [0.5, 0.6) is 17.2 Å². The molecule has 15 atom stereocenters. The average Bonchev–Trinajstić information content (AvgIpc) is 3.96. The van der Waals surface area contributed by atoms with Crippen molar-refractivity contribution in [2.75, 3.05) is 28.4 Å². The smallest absolute Gasteiger partial charge is 0.119 e. The van der Waals surface area contributed by atoms with E-state index in [1.165, 1.54) is 125 Å². The predicted octanol–water partition coefficient (Wildman–Crippen LogP) is 12.7. The third-order valence-electron chi connectivity index (χ3n) is 20.9. The van der Waals surface area contributed by atoms with Crippen molar-refractivity contribution in [1.29, 1.82) is 0 Å². The summed E-state index contributed by atoms with van der Waals surface area (Å²) < 4.78 is 22.5. The standard InChI is InChI=1S/C20H28O2.2C19H26O2/c1-20-11-10-16-15-7-5-14(21-2)12-13(15)4-6-17(16)18(20)8-9-19(20)22-3;1-19-10-9-15-14-6-4-13(21-2)11-12(14)3-5-16(15)17(19)7-8-18(19)20;1-19-10-9-15-14-6-4-13(20)11-12(14)3-5-16(15)17(19)7-8-18(19)21-2/h5,7,12,16-19H,4,6,8-11H2,1-3H3;2*4,6,11,15-18,20H,3,5,7-10H2,1-2H3. The number of phenolic OH excluding ortho intramolecular Hbond substituents is 1. The van der Waals surface area contributed by atoms with E-state index in [1.807, 2.05) is 26.4 Å². The Labute approximate surface area is 385 Å². The van der Waals surface area contributed by atoms with Crippen LogP contribution in [0.3, 0.4) is 0 Å². The molecule has 6 fully saturated rings. The van der Waals surface area contributed by atoms with E-state index in [-0.39, 0.29) is 11.5 Å². The van der Waals surface area contributed by atoms with E-state index in [0.29, 0.717) is 40.6 Å². The maximum atomic E-state index is 10.4. The summed E-state index contributed by atoms with van der Waals surface area (Å²) in [6, 6.07) is 19.5. The van der Waals surface area contributed by atoms with Crippen LogP contribution < -0.4 is 9.47 Å². The lowest BCUT2D eigenvalue weighted by Crippen LogP contribution is -2.44. The lowest BCUT2D eigenvalue weighted by atomic mass is 9.55. The molecule has 0 bridgehead atoms. The van der Waals surface area contributed by atoms with Crippen molar-refractivity contribution < 1.29 is 29.2 Å². The number of fused-ring (bicyclic) bond motifs is 15. The fourth-order valence-corrected chi connectivity index (χ4v) is 17.6. The van der Waals surface area contributed by atoms with Crippen LogP contribution in [-0.4, -0.2) is 57.0 Å². The van der Waals surface area contributed by atoms with Gasteiger partial charge in [0.05, 0.1) is 32.5 Å². The minimum Gasteiger partial charge on any atom is -0.508 e. The van der Waals surface area contributed by atoms with Crippen molar-refractivity contribution in [3.63, 3.8) is 0 Å². The number of rotatable bonds is 4. The molecule has 15 unspecified atom stereocenters. The minimum absolute atomic E-state index is 0.0688. The number of hydrogen-bond acceptors (Lipinski definition) is 6. The number of aromatic hydroxyl groups is 1. The van der Waals surface area contributed by atoms with Gasteiger partial charge in [-0.1, -0.05) is 39.0 Å². The highest BCUT2D eigenvalue weighted by atomic mass is 16.5. The van der Waals surface area contributed by atoms with E-state index in [1.54, 1.807) is 25.3 Å². The van der Waals surface area contributed by atoms with Crippen LogP contribution in [0, 0.1) is 51.8 Å². The molecule has 3 aromatic rings. The van der Waals surface area contributed by atoms with Crippen LogP contribution in [0.1, 0.15) is 168 Å². The molecular formula is C58H80O6. The Morgan fingerprint density at radius 2 is 0.844 bits per heavy atom. The first-order chi connectivity index (χ1) is 30.9. The molecule has 348 valence electrons. The van der Waals surface area contributed by atoms with Crippen LogP contribution >= 0.6 is 0 Å². The van der Waals surface area contributed by atoms with Crippen LogP contribution in [0.2, 0.25) is 0 Å². The van der Waals surface area contributed by atoms with Crippen molar-refractivity contribution >= 4 is 0 Å². The molecule has 12 rings (SSSR count). The van der Waals surface area contributed by atoms with Gasteiger partial charge in [0, 0.05) is 14.2 Å². The molecule has 6 nitrogen and oxygen atoms in total. The molecule has 0 saturated heterocycles. The van der Waals surface area contributed by atoms with Gasteiger partial charge in [-0.3, -0.25) is 0 Å². The van der Waals surface area contributed by atoms with Crippen molar-refractivity contribution in [3.8, 4) is 17.2 Å². The molecule has 0 radical (unpaired) electrons. The summed E-state index contributed by atoms with van der Waals surface area (Å²) in [4.78, 5) is 0. The number of benzene rings is 3. The van der Waals surface area contributed by atoms with Gasteiger partial charge in [0.2, 0.25) is 0 Å². The van der Waals surface area contributed by atoms with E-state index in [2.05, 4.69) is 63.2 Å². The van der Waals surface area contributed by atoms with Crippen LogP contribution in [-0.2, 0) is 28.7 Å². The molecule has 64 heavy (non-hydrogen) atoms. The van der Waals surface area contributed by atoms with Gasteiger partial charge in [-0.15, -0.1) is 0 Å². The minimum atomic E-state index is -0.0688. The Bertz CT molecular complexity index is 2150. The maximum Gasteiger partial charge on any atom is 0.119 e. The highest BCUT2D eigenvalue weighted by Crippen LogP contribution is 2.64. The summed E-state index contributed by atoms with van der Waals surface area (Å²) in [6.45, 7) is 7.31. The first kappa shape index (κ1) is 44.8. The number of aliphatic hydroxyl groups is 1. The Morgan fingerprint density at radius 3 is 1.28 bits per heavy atom. The average molecular weight is 873 g/mol. The highest BCUT2D eigenvalue weighted by molar-refractivity contribution is 5.43. The van der Waals surface area contributed by atoms with Gasteiger partial charge in [0.25, 0.3) is 0 Å². The Hall–Kier alpha value is -3.06. The fourth-order valence-electron chi connectivity index (χ4n) is 17.6. The largest absolute Gasteiger partial charge is 0.508 e. The van der Waals surface area contributed by atoms with Gasteiger partial charge < -0.3 is 29.2 Å². The molecule has 0 aromatic heterocycles. The molecule has 2 N–H and O–H groups in total. The molecular weight excluding hydrogens is 793 g/mol. The van der Waals surface area contributed by atoms with Gasteiger partial charge in [0.15, 0.2) is 0 Å². The third-order valence-corrected chi connectivity index (χ3v) is 20.9. The summed E-state index contributed by atoms with van der Waals surface area (Å²) in [5.74, 6) is 9.48. The van der Waals surface area contributed by atoms with Gasteiger partial charge >= 0.3 is 0 Å². The molecule has 9 aliphatic carbocycles. The van der Waals surface area contributed by atoms with Crippen LogP contribution in [0.15, 0.2) is 54.6 Å². The second-order valence-electron chi connectivity index (χ2n) is 23.1. The van der Waals surface area contributed by atoms with Crippen LogP contribution in [0.4, 0.5) is 0 Å². The van der Waals surface area contributed by atoms with Crippen LogP contribution in [0.25, 0.3) is 0 Å². The molecule has 9 aliphatic rings. The zero-order chi connectivity index (χ0) is 44.5. The summed E-state index contributed by atoms with van der Waals surface area (Å²) >= 11 is 0. The summed E-state index contributed by atoms with van der Waals surface area (Å²) in [5.41, 5.74) is 10.1. The third kappa shape index (κ3) is 7.36. The first-order valence-corrected chi connectivity index (χ1v) is 25.8. The topological polar surface area (TPSA) is 77.4 Å². The van der Waals surface area contributed by atoms with E-state index in [0.717, 1.165) is 65.8 Å². The first-order valence-electron chi connectivity index (χ1n) is 25.8. The van der Waals surface area contributed by atoms with E-state index >= 15 is 0 Å². The summed E-state index contributed by atoms with van der Waals surface area (Å²) in [5, 5.41) is 20.1. The number of aliphatic hydroxyl groups excluding tert-OH is 1. The fraction of sp³-hybridized carbons (Fsp3) is 0.690. The normalized spacial score (nSPS) is 40.7. The number of aryl methyl sites for hydroxylation is 3. The quantitative estimate of drug-likeness (QED) is 0.272. The van der Waals surface area contributed by atoms with Gasteiger partial charge in [-0.05, 0) is 255 Å². The van der Waals surface area contributed by atoms with E-state index in [4.69, 9.17) is 18.9 Å². The number of ether oxygens (including phenoxy) is 4. The van der Waals surface area contributed by atoms with Crippen molar-refractivity contribution in [2.24, 2.45) is 51.8 Å². The van der Waals surface area contributed by atoms with Crippen molar-refractivity contribution in [1.82, 2.24) is 0 Å². The SMILES string of the molecule is COC1CCC2C3CCc4cc(O)ccc4C3CCC12C.COc1ccc2c(c1)CCC1C2CCC2(C)C(O)CCC12.COc1ccc2c(c1)CCC1C2CCC2(C)C(OC)CCC12. The van der Waals surface area contributed by atoms with E-state index < -0.39 is 0 Å². The van der Waals surface area contributed by atoms with Crippen molar-refractivity contribution in [2.45, 2.75) is 172 Å². The molecule has 6 saturated carbocycles. The lowest BCUT2D eigenvalue weighted by Gasteiger charge is -2.50.